The van der Waals surface area contributed by atoms with Crippen LogP contribution in [0.1, 0.15) is 31.7 Å². The SMILES string of the molecule is CC(=O)NCCNC(=O)[C@@H]1C[C@H](CN2CCCC2)CN(Cc2ccc3ccccc3c2)C1. The highest BCUT2D eigenvalue weighted by atomic mass is 16.2. The molecule has 2 aliphatic rings. The predicted molar refractivity (Wildman–Crippen MR) is 128 cm³/mol. The molecule has 2 amide bonds. The molecule has 2 heterocycles. The van der Waals surface area contributed by atoms with E-state index in [1.54, 1.807) is 0 Å². The normalized spacial score (nSPS) is 22.2. The van der Waals surface area contributed by atoms with Crippen molar-refractivity contribution < 1.29 is 9.59 Å². The van der Waals surface area contributed by atoms with Crippen molar-refractivity contribution in [2.75, 3.05) is 45.8 Å². The standard InChI is InChI=1S/C26H36N4O2/c1-20(31)27-10-11-28-26(32)25-15-22(17-29-12-4-5-13-29)18-30(19-25)16-21-8-9-23-6-2-3-7-24(23)14-21/h2-3,6-9,14,22,25H,4-5,10-13,15-19H2,1H3,(H,27,31)(H,28,32)/t22-,25-/m1/s1. The van der Waals surface area contributed by atoms with E-state index in [1.165, 1.54) is 49.2 Å². The van der Waals surface area contributed by atoms with Crippen LogP contribution in [-0.4, -0.2) is 67.4 Å². The highest BCUT2D eigenvalue weighted by Gasteiger charge is 2.32. The molecule has 2 atom stereocenters. The van der Waals surface area contributed by atoms with Gasteiger partial charge in [-0.15, -0.1) is 0 Å². The first-order chi connectivity index (χ1) is 15.6. The molecular weight excluding hydrogens is 400 g/mol. The Hall–Kier alpha value is -2.44. The highest BCUT2D eigenvalue weighted by Crippen LogP contribution is 2.26. The van der Waals surface area contributed by atoms with Crippen molar-refractivity contribution in [3.05, 3.63) is 48.0 Å². The molecule has 0 bridgehead atoms. The van der Waals surface area contributed by atoms with Gasteiger partial charge in [-0.25, -0.2) is 0 Å². The van der Waals surface area contributed by atoms with Gasteiger partial charge in [0, 0.05) is 46.2 Å². The summed E-state index contributed by atoms with van der Waals surface area (Å²) in [6, 6.07) is 15.2. The second-order valence-corrected chi connectivity index (χ2v) is 9.46. The maximum absolute atomic E-state index is 12.9. The van der Waals surface area contributed by atoms with Crippen LogP contribution >= 0.6 is 0 Å². The summed E-state index contributed by atoms with van der Waals surface area (Å²) in [6.07, 6.45) is 3.53. The summed E-state index contributed by atoms with van der Waals surface area (Å²) in [5, 5.41) is 8.31. The Morgan fingerprint density at radius 2 is 1.69 bits per heavy atom. The molecule has 2 aromatic rings. The van der Waals surface area contributed by atoms with Gasteiger partial charge in [0.2, 0.25) is 11.8 Å². The van der Waals surface area contributed by atoms with Crippen LogP contribution in [0.15, 0.2) is 42.5 Å². The fourth-order valence-electron chi connectivity index (χ4n) is 5.25. The molecule has 0 radical (unpaired) electrons. The number of likely N-dealkylation sites (tertiary alicyclic amines) is 2. The highest BCUT2D eigenvalue weighted by molar-refractivity contribution is 5.83. The Bertz CT molecular complexity index is 925. The third-order valence-corrected chi connectivity index (χ3v) is 6.72. The molecule has 0 spiro atoms. The lowest BCUT2D eigenvalue weighted by atomic mass is 9.87. The Kier molecular flexibility index (Phi) is 7.76. The van der Waals surface area contributed by atoms with Crippen LogP contribution in [0.25, 0.3) is 10.8 Å². The number of fused-ring (bicyclic) bond motifs is 1. The van der Waals surface area contributed by atoms with Crippen LogP contribution in [0.4, 0.5) is 0 Å². The molecule has 0 aromatic heterocycles. The number of hydrogen-bond acceptors (Lipinski definition) is 4. The van der Waals surface area contributed by atoms with Crippen molar-refractivity contribution in [1.82, 2.24) is 20.4 Å². The average molecular weight is 437 g/mol. The Morgan fingerprint density at radius 3 is 2.47 bits per heavy atom. The van der Waals surface area contributed by atoms with E-state index in [1.807, 2.05) is 0 Å². The van der Waals surface area contributed by atoms with Crippen molar-refractivity contribution in [3.8, 4) is 0 Å². The molecule has 2 N–H and O–H groups in total. The molecular formula is C26H36N4O2. The van der Waals surface area contributed by atoms with E-state index >= 15 is 0 Å². The number of hydrogen-bond donors (Lipinski definition) is 2. The second-order valence-electron chi connectivity index (χ2n) is 9.46. The number of rotatable bonds is 8. The van der Waals surface area contributed by atoms with Crippen LogP contribution in [-0.2, 0) is 16.1 Å². The predicted octanol–water partition coefficient (Wildman–Crippen LogP) is 2.63. The number of nitrogens with zero attached hydrogens (tertiary/aromatic N) is 2. The summed E-state index contributed by atoms with van der Waals surface area (Å²) in [5.74, 6) is 0.552. The topological polar surface area (TPSA) is 64.7 Å². The van der Waals surface area contributed by atoms with Crippen LogP contribution in [0.5, 0.6) is 0 Å². The van der Waals surface area contributed by atoms with Gasteiger partial charge in [0.05, 0.1) is 5.92 Å². The summed E-state index contributed by atoms with van der Waals surface area (Å²) < 4.78 is 0. The van der Waals surface area contributed by atoms with E-state index in [0.717, 1.165) is 32.6 Å². The summed E-state index contributed by atoms with van der Waals surface area (Å²) in [7, 11) is 0. The van der Waals surface area contributed by atoms with Gasteiger partial charge < -0.3 is 15.5 Å². The average Bonchev–Trinajstić information content (AvgIpc) is 3.29. The maximum atomic E-state index is 12.9. The zero-order valence-corrected chi connectivity index (χ0v) is 19.2. The van der Waals surface area contributed by atoms with Gasteiger partial charge in [0.15, 0.2) is 0 Å². The fraction of sp³-hybridized carbons (Fsp3) is 0.538. The molecule has 32 heavy (non-hydrogen) atoms. The fourth-order valence-corrected chi connectivity index (χ4v) is 5.25. The van der Waals surface area contributed by atoms with Crippen LogP contribution in [0.2, 0.25) is 0 Å². The number of nitrogens with one attached hydrogen (secondary N) is 2. The van der Waals surface area contributed by atoms with E-state index in [0.29, 0.717) is 19.0 Å². The molecule has 6 nitrogen and oxygen atoms in total. The monoisotopic (exact) mass is 436 g/mol. The third kappa shape index (κ3) is 6.30. The molecule has 0 unspecified atom stereocenters. The van der Waals surface area contributed by atoms with E-state index < -0.39 is 0 Å². The summed E-state index contributed by atoms with van der Waals surface area (Å²) >= 11 is 0. The number of piperidine rings is 1. The van der Waals surface area contributed by atoms with Gasteiger partial charge in [0.1, 0.15) is 0 Å². The summed E-state index contributed by atoms with van der Waals surface area (Å²) in [6.45, 7) is 8.62. The molecule has 0 saturated carbocycles. The number of carbonyl (C=O) groups is 2. The maximum Gasteiger partial charge on any atom is 0.224 e. The zero-order valence-electron chi connectivity index (χ0n) is 19.2. The molecule has 2 aliphatic heterocycles. The van der Waals surface area contributed by atoms with Gasteiger partial charge in [-0.05, 0) is 60.7 Å². The van der Waals surface area contributed by atoms with Crippen molar-refractivity contribution in [2.24, 2.45) is 11.8 Å². The summed E-state index contributed by atoms with van der Waals surface area (Å²) in [4.78, 5) is 29.0. The number of carbonyl (C=O) groups excluding carboxylic acids is 2. The smallest absolute Gasteiger partial charge is 0.224 e. The number of amides is 2. The molecule has 2 fully saturated rings. The first-order valence-corrected chi connectivity index (χ1v) is 12.0. The quantitative estimate of drug-likeness (QED) is 0.625. The van der Waals surface area contributed by atoms with Gasteiger partial charge >= 0.3 is 0 Å². The van der Waals surface area contributed by atoms with Gasteiger partial charge in [-0.3, -0.25) is 14.5 Å². The lowest BCUT2D eigenvalue weighted by Gasteiger charge is -2.38. The molecule has 4 rings (SSSR count). The van der Waals surface area contributed by atoms with E-state index in [-0.39, 0.29) is 17.7 Å². The Balaban J connectivity index is 1.40. The largest absolute Gasteiger partial charge is 0.355 e. The minimum absolute atomic E-state index is 0.00543. The lowest BCUT2D eigenvalue weighted by molar-refractivity contribution is -0.128. The van der Waals surface area contributed by atoms with E-state index in [9.17, 15) is 9.59 Å². The molecule has 6 heteroatoms. The van der Waals surface area contributed by atoms with Gasteiger partial charge in [-0.2, -0.15) is 0 Å². The minimum atomic E-state index is -0.0656. The van der Waals surface area contributed by atoms with Gasteiger partial charge in [-0.1, -0.05) is 36.4 Å². The van der Waals surface area contributed by atoms with Crippen molar-refractivity contribution in [2.45, 2.75) is 32.7 Å². The van der Waals surface area contributed by atoms with Crippen LogP contribution in [0, 0.1) is 11.8 Å². The van der Waals surface area contributed by atoms with Crippen LogP contribution in [0.3, 0.4) is 0 Å². The zero-order chi connectivity index (χ0) is 22.3. The Labute approximate surface area is 191 Å². The lowest BCUT2D eigenvalue weighted by Crippen LogP contribution is -2.49. The Morgan fingerprint density at radius 1 is 0.938 bits per heavy atom. The van der Waals surface area contributed by atoms with Crippen LogP contribution < -0.4 is 10.6 Å². The molecule has 2 aromatic carbocycles. The molecule has 172 valence electrons. The van der Waals surface area contributed by atoms with Crippen molar-refractivity contribution in [1.29, 1.82) is 0 Å². The second kappa shape index (κ2) is 10.9. The van der Waals surface area contributed by atoms with Crippen molar-refractivity contribution in [3.63, 3.8) is 0 Å². The van der Waals surface area contributed by atoms with E-state index in [2.05, 4.69) is 62.9 Å². The van der Waals surface area contributed by atoms with Crippen molar-refractivity contribution >= 4 is 22.6 Å². The number of benzene rings is 2. The van der Waals surface area contributed by atoms with Gasteiger partial charge in [0.25, 0.3) is 0 Å². The summed E-state index contributed by atoms with van der Waals surface area (Å²) in [5.41, 5.74) is 1.30. The minimum Gasteiger partial charge on any atom is -0.355 e. The van der Waals surface area contributed by atoms with E-state index in [4.69, 9.17) is 0 Å². The first kappa shape index (κ1) is 22.7. The molecule has 2 saturated heterocycles. The third-order valence-electron chi connectivity index (χ3n) is 6.72. The first-order valence-electron chi connectivity index (χ1n) is 12.0. The molecule has 0 aliphatic carbocycles.